The third-order valence-corrected chi connectivity index (χ3v) is 5.55. The maximum atomic E-state index is 12.5. The van der Waals surface area contributed by atoms with Crippen molar-refractivity contribution in [3.63, 3.8) is 0 Å². The van der Waals surface area contributed by atoms with E-state index in [2.05, 4.69) is 15.1 Å². The van der Waals surface area contributed by atoms with E-state index >= 15 is 0 Å². The molecule has 0 radical (unpaired) electrons. The number of nitrogens with zero attached hydrogens (tertiary/aromatic N) is 4. The molecule has 0 bridgehead atoms. The van der Waals surface area contributed by atoms with Crippen LogP contribution >= 0.6 is 0 Å². The lowest BCUT2D eigenvalue weighted by molar-refractivity contribution is -0.150. The van der Waals surface area contributed by atoms with Gasteiger partial charge in [0.15, 0.2) is 22.7 Å². The number of fused-ring (bicyclic) bond motifs is 2. The SMILES string of the molecule is CCCCn1c(=O)[nH]c(=O)c2c1nc(COC(=O)CO/N=C(/C)c1ccc3c(c1)OCO3)n2CC. The zero-order valence-corrected chi connectivity index (χ0v) is 19.8. The van der Waals surface area contributed by atoms with Crippen molar-refractivity contribution < 1.29 is 23.8 Å². The standard InChI is InChI=1S/C23H27N5O7/c1-4-6-9-28-21-20(22(30)25-23(28)31)27(5-2)18(24-21)11-32-19(29)12-35-26-14(3)15-7-8-16-17(10-15)34-13-33-16/h7-8,10H,4-6,9,11-13H2,1-3H3,(H,25,30,31)/b26-14-. The Balaban J connectivity index is 1.42. The van der Waals surface area contributed by atoms with Crippen LogP contribution in [0.3, 0.4) is 0 Å². The predicted octanol–water partition coefficient (Wildman–Crippen LogP) is 1.92. The molecule has 1 aliphatic heterocycles. The molecule has 3 aromatic rings. The van der Waals surface area contributed by atoms with Gasteiger partial charge in [0.25, 0.3) is 5.56 Å². The molecule has 1 N–H and O–H groups in total. The molecule has 35 heavy (non-hydrogen) atoms. The number of carbonyl (C=O) groups excluding carboxylic acids is 1. The summed E-state index contributed by atoms with van der Waals surface area (Å²) in [6.45, 7) is 6.00. The minimum atomic E-state index is -0.653. The number of imidazole rings is 1. The van der Waals surface area contributed by atoms with Gasteiger partial charge >= 0.3 is 11.7 Å². The fraction of sp³-hybridized carbons (Fsp3) is 0.435. The highest BCUT2D eigenvalue weighted by Gasteiger charge is 2.19. The van der Waals surface area contributed by atoms with Crippen LogP contribution in [-0.4, -0.2) is 44.2 Å². The summed E-state index contributed by atoms with van der Waals surface area (Å²) >= 11 is 0. The Morgan fingerprint density at radius 3 is 2.77 bits per heavy atom. The van der Waals surface area contributed by atoms with Gasteiger partial charge in [0.05, 0.1) is 5.71 Å². The van der Waals surface area contributed by atoms with Crippen LogP contribution in [0.25, 0.3) is 11.2 Å². The van der Waals surface area contributed by atoms with Gasteiger partial charge in [0.1, 0.15) is 12.4 Å². The highest BCUT2D eigenvalue weighted by molar-refractivity contribution is 5.99. The third kappa shape index (κ3) is 5.05. The Hall–Kier alpha value is -4.09. The molecule has 0 unspecified atom stereocenters. The smallest absolute Gasteiger partial charge is 0.347 e. The molecule has 3 heterocycles. The molecule has 0 atom stereocenters. The molecule has 0 spiro atoms. The van der Waals surface area contributed by atoms with Crippen LogP contribution in [0.5, 0.6) is 11.5 Å². The average molecular weight is 485 g/mol. The number of hydrogen-bond acceptors (Lipinski definition) is 9. The summed E-state index contributed by atoms with van der Waals surface area (Å²) in [7, 11) is 0. The summed E-state index contributed by atoms with van der Waals surface area (Å²) < 4.78 is 19.0. The number of H-pyrrole nitrogens is 1. The van der Waals surface area contributed by atoms with Crippen LogP contribution in [0.4, 0.5) is 0 Å². The van der Waals surface area contributed by atoms with Crippen molar-refractivity contribution in [3.8, 4) is 11.5 Å². The number of nitrogens with one attached hydrogen (secondary N) is 1. The van der Waals surface area contributed by atoms with Crippen molar-refractivity contribution in [2.45, 2.75) is 53.3 Å². The van der Waals surface area contributed by atoms with Crippen molar-refractivity contribution in [1.82, 2.24) is 19.1 Å². The van der Waals surface area contributed by atoms with Gasteiger partial charge in [-0.05, 0) is 38.5 Å². The van der Waals surface area contributed by atoms with E-state index in [9.17, 15) is 14.4 Å². The molecule has 186 valence electrons. The number of oxime groups is 1. The summed E-state index contributed by atoms with van der Waals surface area (Å²) in [5.74, 6) is 0.985. The highest BCUT2D eigenvalue weighted by atomic mass is 16.7. The van der Waals surface area contributed by atoms with Crippen LogP contribution < -0.4 is 20.7 Å². The quantitative estimate of drug-likeness (QED) is 0.261. The molecule has 1 aliphatic rings. The lowest BCUT2D eigenvalue weighted by Crippen LogP contribution is -2.31. The maximum absolute atomic E-state index is 12.5. The lowest BCUT2D eigenvalue weighted by atomic mass is 10.1. The van der Waals surface area contributed by atoms with Crippen LogP contribution in [0.1, 0.15) is 45.0 Å². The van der Waals surface area contributed by atoms with E-state index in [1.165, 1.54) is 4.57 Å². The third-order valence-electron chi connectivity index (χ3n) is 5.55. The van der Waals surface area contributed by atoms with E-state index in [0.717, 1.165) is 18.4 Å². The number of hydrogen-bond donors (Lipinski definition) is 1. The summed E-state index contributed by atoms with van der Waals surface area (Å²) in [6.07, 6.45) is 1.64. The second kappa shape index (κ2) is 10.5. The van der Waals surface area contributed by atoms with Gasteiger partial charge in [-0.2, -0.15) is 0 Å². The van der Waals surface area contributed by atoms with E-state index in [0.29, 0.717) is 36.1 Å². The number of benzene rings is 1. The molecular formula is C23H27N5O7. The van der Waals surface area contributed by atoms with Crippen molar-refractivity contribution >= 4 is 22.8 Å². The molecule has 0 amide bonds. The van der Waals surface area contributed by atoms with Crippen LogP contribution in [0, 0.1) is 0 Å². The molecule has 1 aromatic carbocycles. The molecule has 0 fully saturated rings. The molecule has 12 heteroatoms. The summed E-state index contributed by atoms with van der Waals surface area (Å²) in [6, 6.07) is 5.36. The Labute approximate surface area is 200 Å². The number of unbranched alkanes of at least 4 members (excludes halogenated alkanes) is 1. The minimum Gasteiger partial charge on any atom is -0.455 e. The first-order valence-corrected chi connectivity index (χ1v) is 11.4. The Morgan fingerprint density at radius 1 is 1.20 bits per heavy atom. The molecular weight excluding hydrogens is 458 g/mol. The molecule has 12 nitrogen and oxygen atoms in total. The van der Waals surface area contributed by atoms with Crippen LogP contribution in [0.2, 0.25) is 0 Å². The van der Waals surface area contributed by atoms with Gasteiger partial charge in [-0.1, -0.05) is 18.5 Å². The molecule has 0 saturated heterocycles. The first kappa shape index (κ1) is 24.0. The van der Waals surface area contributed by atoms with Crippen molar-refractivity contribution in [1.29, 1.82) is 0 Å². The zero-order chi connectivity index (χ0) is 24.9. The van der Waals surface area contributed by atoms with Gasteiger partial charge in [-0.15, -0.1) is 0 Å². The summed E-state index contributed by atoms with van der Waals surface area (Å²) in [4.78, 5) is 48.9. The van der Waals surface area contributed by atoms with E-state index in [4.69, 9.17) is 19.0 Å². The fourth-order valence-electron chi connectivity index (χ4n) is 3.73. The van der Waals surface area contributed by atoms with Gasteiger partial charge < -0.3 is 23.6 Å². The summed E-state index contributed by atoms with van der Waals surface area (Å²) in [5, 5.41) is 3.96. The normalized spacial score (nSPS) is 12.8. The van der Waals surface area contributed by atoms with E-state index in [1.807, 2.05) is 19.9 Å². The predicted molar refractivity (Wildman–Crippen MR) is 126 cm³/mol. The second-order valence-electron chi connectivity index (χ2n) is 7.89. The number of carbonyl (C=O) groups is 1. The first-order valence-electron chi connectivity index (χ1n) is 11.4. The Morgan fingerprint density at radius 2 is 2.00 bits per heavy atom. The van der Waals surface area contributed by atoms with Gasteiger partial charge in [0.2, 0.25) is 13.4 Å². The number of aryl methyl sites for hydroxylation is 2. The topological polar surface area (TPSA) is 139 Å². The average Bonchev–Trinajstić information content (AvgIpc) is 3.46. The fourth-order valence-corrected chi connectivity index (χ4v) is 3.73. The van der Waals surface area contributed by atoms with Gasteiger partial charge in [-0.25, -0.2) is 14.6 Å². The van der Waals surface area contributed by atoms with Crippen LogP contribution in [0.15, 0.2) is 32.9 Å². The van der Waals surface area contributed by atoms with E-state index < -0.39 is 23.8 Å². The van der Waals surface area contributed by atoms with Crippen molar-refractivity contribution in [2.75, 3.05) is 13.4 Å². The van der Waals surface area contributed by atoms with Crippen LogP contribution in [-0.2, 0) is 34.1 Å². The maximum Gasteiger partial charge on any atom is 0.347 e. The zero-order valence-electron chi connectivity index (χ0n) is 19.8. The Bertz CT molecular complexity index is 1390. The number of esters is 1. The molecule has 4 rings (SSSR count). The van der Waals surface area contributed by atoms with Crippen molar-refractivity contribution in [2.24, 2.45) is 5.16 Å². The number of rotatable bonds is 10. The number of ether oxygens (including phenoxy) is 3. The van der Waals surface area contributed by atoms with Gasteiger partial charge in [0, 0.05) is 18.7 Å². The largest absolute Gasteiger partial charge is 0.455 e. The molecule has 2 aromatic heterocycles. The molecule has 0 saturated carbocycles. The highest BCUT2D eigenvalue weighted by Crippen LogP contribution is 2.32. The van der Waals surface area contributed by atoms with Crippen molar-refractivity contribution in [3.05, 3.63) is 50.4 Å². The lowest BCUT2D eigenvalue weighted by Gasteiger charge is -2.07. The minimum absolute atomic E-state index is 0.175. The Kier molecular flexibility index (Phi) is 7.18. The first-order chi connectivity index (χ1) is 16.9. The summed E-state index contributed by atoms with van der Waals surface area (Å²) in [5.41, 5.74) is 0.826. The second-order valence-corrected chi connectivity index (χ2v) is 7.89. The molecule has 0 aliphatic carbocycles. The number of aromatic amines is 1. The van der Waals surface area contributed by atoms with E-state index in [1.54, 1.807) is 23.6 Å². The monoisotopic (exact) mass is 485 g/mol. The van der Waals surface area contributed by atoms with Gasteiger partial charge in [-0.3, -0.25) is 14.3 Å². The number of aromatic nitrogens is 4. The van der Waals surface area contributed by atoms with E-state index in [-0.39, 0.29) is 24.6 Å².